The molecule has 0 spiro atoms. The Morgan fingerprint density at radius 2 is 1.62 bits per heavy atom. The van der Waals surface area contributed by atoms with Crippen molar-refractivity contribution in [2.24, 2.45) is 5.92 Å². The van der Waals surface area contributed by atoms with E-state index in [1.165, 1.54) is 25.7 Å². The van der Waals surface area contributed by atoms with Crippen LogP contribution in [0.4, 0.5) is 0 Å². The lowest BCUT2D eigenvalue weighted by Gasteiger charge is -2.12. The first-order valence-electron chi connectivity index (χ1n) is 5.08. The Morgan fingerprint density at radius 3 is 2.08 bits per heavy atom. The molecule has 0 amide bonds. The predicted octanol–water partition coefficient (Wildman–Crippen LogP) is 4.99. The molecular weight excluding hydrogens is 222 g/mol. The Morgan fingerprint density at radius 1 is 1.08 bits per heavy atom. The van der Waals surface area contributed by atoms with Gasteiger partial charge >= 0.3 is 0 Å². The Bertz CT molecular complexity index is 119. The minimum atomic E-state index is -0.599. The molecule has 0 N–H and O–H groups in total. The lowest BCUT2D eigenvalue weighted by molar-refractivity contribution is 0.516. The van der Waals surface area contributed by atoms with Crippen LogP contribution in [0.3, 0.4) is 0 Å². The number of rotatable bonds is 7. The molecule has 0 bridgehead atoms. The van der Waals surface area contributed by atoms with E-state index in [2.05, 4.69) is 23.1 Å². The highest BCUT2D eigenvalue weighted by Gasteiger charge is 2.14. The van der Waals surface area contributed by atoms with E-state index < -0.39 is 4.07 Å². The van der Waals surface area contributed by atoms with Gasteiger partial charge in [-0.15, -0.1) is 0 Å². The van der Waals surface area contributed by atoms with Crippen LogP contribution >= 0.6 is 32.4 Å². The smallest absolute Gasteiger partial charge is 0.0988 e. The summed E-state index contributed by atoms with van der Waals surface area (Å²) in [6.45, 7) is 4.54. The molecule has 0 nitrogen and oxygen atoms in total. The van der Waals surface area contributed by atoms with Crippen LogP contribution in [0, 0.1) is 5.92 Å². The van der Waals surface area contributed by atoms with Gasteiger partial charge in [0, 0.05) is 0 Å². The second-order valence-electron chi connectivity index (χ2n) is 4.11. The highest BCUT2D eigenvalue weighted by molar-refractivity contribution is 7.27. The molecule has 0 aliphatic carbocycles. The van der Waals surface area contributed by atoms with Crippen LogP contribution < -0.4 is 0 Å². The second kappa shape index (κ2) is 7.32. The van der Waals surface area contributed by atoms with Crippen molar-refractivity contribution in [3.05, 3.63) is 0 Å². The molecule has 3 heteroatoms. The van der Waals surface area contributed by atoms with E-state index in [1.807, 2.05) is 0 Å². The van der Waals surface area contributed by atoms with E-state index in [9.17, 15) is 0 Å². The van der Waals surface area contributed by atoms with E-state index in [4.69, 9.17) is 23.2 Å². The molecule has 0 radical (unpaired) electrons. The zero-order chi connectivity index (χ0) is 10.3. The summed E-state index contributed by atoms with van der Waals surface area (Å²) in [5.41, 5.74) is 0. The molecule has 0 heterocycles. The van der Waals surface area contributed by atoms with Crippen LogP contribution in [0.2, 0.25) is 0 Å². The van der Waals surface area contributed by atoms with Crippen LogP contribution in [-0.4, -0.2) is 4.07 Å². The molecule has 0 aliphatic heterocycles. The Kier molecular flexibility index (Phi) is 7.89. The molecule has 0 fully saturated rings. The summed E-state index contributed by atoms with van der Waals surface area (Å²) in [4.78, 5) is 0. The van der Waals surface area contributed by atoms with E-state index in [0.29, 0.717) is 0 Å². The van der Waals surface area contributed by atoms with Gasteiger partial charge in [0.1, 0.15) is 4.07 Å². The molecule has 0 rings (SSSR count). The van der Waals surface area contributed by atoms with Gasteiger partial charge < -0.3 is 0 Å². The van der Waals surface area contributed by atoms with Crippen molar-refractivity contribution in [2.45, 2.75) is 56.4 Å². The molecule has 0 aromatic heterocycles. The SMILES string of the molecule is CC(C)CCCCCCC(P)(Cl)Cl. The predicted molar refractivity (Wildman–Crippen MR) is 66.7 cm³/mol. The molecule has 1 unspecified atom stereocenters. The minimum absolute atomic E-state index is 0.599. The average molecular weight is 243 g/mol. The summed E-state index contributed by atoms with van der Waals surface area (Å²) in [6, 6.07) is 0. The highest BCUT2D eigenvalue weighted by atomic mass is 35.5. The van der Waals surface area contributed by atoms with Gasteiger partial charge in [-0.05, 0) is 12.3 Å². The Hall–Kier alpha value is 1.01. The molecule has 0 aromatic rings. The van der Waals surface area contributed by atoms with Crippen LogP contribution in [0.1, 0.15) is 52.4 Å². The summed E-state index contributed by atoms with van der Waals surface area (Å²) in [5, 5.41) is 0. The quantitative estimate of drug-likeness (QED) is 0.335. The van der Waals surface area contributed by atoms with Gasteiger partial charge in [-0.25, -0.2) is 0 Å². The van der Waals surface area contributed by atoms with Crippen molar-refractivity contribution in [3.63, 3.8) is 0 Å². The third-order valence-corrected chi connectivity index (χ3v) is 2.71. The van der Waals surface area contributed by atoms with Crippen molar-refractivity contribution in [3.8, 4) is 0 Å². The largest absolute Gasteiger partial charge is 0.131 e. The van der Waals surface area contributed by atoms with Crippen LogP contribution in [0.25, 0.3) is 0 Å². The first-order chi connectivity index (χ1) is 5.92. The lowest BCUT2D eigenvalue weighted by atomic mass is 10.0. The number of alkyl halides is 2. The van der Waals surface area contributed by atoms with Crippen molar-refractivity contribution >= 4 is 32.4 Å². The normalized spacial score (nSPS) is 12.5. The van der Waals surface area contributed by atoms with Gasteiger partial charge in [0.15, 0.2) is 0 Å². The second-order valence-corrected chi connectivity index (χ2v) is 7.37. The van der Waals surface area contributed by atoms with Crippen molar-refractivity contribution < 1.29 is 0 Å². The molecule has 0 aliphatic rings. The first-order valence-corrected chi connectivity index (χ1v) is 6.42. The zero-order valence-corrected chi connectivity index (χ0v) is 11.3. The first kappa shape index (κ1) is 14.0. The summed E-state index contributed by atoms with van der Waals surface area (Å²) in [6.07, 6.45) is 7.26. The monoisotopic (exact) mass is 242 g/mol. The van der Waals surface area contributed by atoms with E-state index in [0.717, 1.165) is 18.8 Å². The molecular formula is C10H21Cl2P. The third kappa shape index (κ3) is 13.0. The van der Waals surface area contributed by atoms with Gasteiger partial charge in [0.25, 0.3) is 0 Å². The number of halogens is 2. The maximum Gasteiger partial charge on any atom is 0.131 e. The van der Waals surface area contributed by atoms with Crippen molar-refractivity contribution in [1.82, 2.24) is 0 Å². The Labute approximate surface area is 95.0 Å². The Balaban J connectivity index is 3.09. The number of unbranched alkanes of at least 4 members (excludes halogenated alkanes) is 3. The fourth-order valence-corrected chi connectivity index (χ4v) is 1.74. The summed E-state index contributed by atoms with van der Waals surface area (Å²) in [5.74, 6) is 0.835. The fourth-order valence-electron chi connectivity index (χ4n) is 1.27. The summed E-state index contributed by atoms with van der Waals surface area (Å²) in [7, 11) is 2.46. The van der Waals surface area contributed by atoms with Gasteiger partial charge in [-0.1, -0.05) is 78.4 Å². The molecule has 0 saturated carbocycles. The van der Waals surface area contributed by atoms with Gasteiger partial charge in [-0.3, -0.25) is 0 Å². The molecule has 0 aromatic carbocycles. The maximum atomic E-state index is 5.82. The van der Waals surface area contributed by atoms with E-state index >= 15 is 0 Å². The van der Waals surface area contributed by atoms with E-state index in [1.54, 1.807) is 0 Å². The maximum absolute atomic E-state index is 5.82. The van der Waals surface area contributed by atoms with Crippen molar-refractivity contribution in [1.29, 1.82) is 0 Å². The third-order valence-electron chi connectivity index (χ3n) is 2.04. The average Bonchev–Trinajstić information content (AvgIpc) is 1.93. The van der Waals surface area contributed by atoms with Crippen LogP contribution in [0.15, 0.2) is 0 Å². The van der Waals surface area contributed by atoms with Crippen molar-refractivity contribution in [2.75, 3.05) is 0 Å². The topological polar surface area (TPSA) is 0 Å². The standard InChI is InChI=1S/C10H21Cl2P/c1-9(2)7-5-3-4-6-8-10(11,12)13/h9H,3-8,13H2,1-2H3. The molecule has 1 atom stereocenters. The van der Waals surface area contributed by atoms with Gasteiger partial charge in [-0.2, -0.15) is 0 Å². The van der Waals surface area contributed by atoms with E-state index in [-0.39, 0.29) is 0 Å². The summed E-state index contributed by atoms with van der Waals surface area (Å²) >= 11 is 11.6. The summed E-state index contributed by atoms with van der Waals surface area (Å²) < 4.78 is -0.599. The lowest BCUT2D eigenvalue weighted by Crippen LogP contribution is -1.99. The molecule has 0 saturated heterocycles. The highest BCUT2D eigenvalue weighted by Crippen LogP contribution is 2.34. The molecule has 13 heavy (non-hydrogen) atoms. The zero-order valence-electron chi connectivity index (χ0n) is 8.65. The minimum Gasteiger partial charge on any atom is -0.0988 e. The van der Waals surface area contributed by atoms with Crippen LogP contribution in [0.5, 0.6) is 0 Å². The van der Waals surface area contributed by atoms with Gasteiger partial charge in [0.05, 0.1) is 0 Å². The number of hydrogen-bond donors (Lipinski definition) is 0. The number of hydrogen-bond acceptors (Lipinski definition) is 0. The van der Waals surface area contributed by atoms with Crippen LogP contribution in [-0.2, 0) is 0 Å². The molecule has 80 valence electrons. The van der Waals surface area contributed by atoms with Gasteiger partial charge in [0.2, 0.25) is 0 Å². The fraction of sp³-hybridized carbons (Fsp3) is 1.00.